The first kappa shape index (κ1) is 17.0. The van der Waals surface area contributed by atoms with Crippen LogP contribution in [0.3, 0.4) is 0 Å². The number of rotatable bonds is 5. The van der Waals surface area contributed by atoms with Crippen molar-refractivity contribution in [2.24, 2.45) is 0 Å². The van der Waals surface area contributed by atoms with Crippen molar-refractivity contribution in [3.8, 4) is 5.75 Å². The second-order valence-electron chi connectivity index (χ2n) is 5.78. The number of hydrogen-bond donors (Lipinski definition) is 2. The van der Waals surface area contributed by atoms with Gasteiger partial charge in [-0.05, 0) is 37.3 Å². The van der Waals surface area contributed by atoms with E-state index in [9.17, 15) is 14.7 Å². The number of benzene rings is 1. The molecule has 0 fully saturated rings. The Kier molecular flexibility index (Phi) is 5.04. The molecule has 25 heavy (non-hydrogen) atoms. The third kappa shape index (κ3) is 3.83. The zero-order valence-electron chi connectivity index (χ0n) is 13.9. The molecule has 0 saturated heterocycles. The van der Waals surface area contributed by atoms with Crippen LogP contribution in [0.1, 0.15) is 32.2 Å². The van der Waals surface area contributed by atoms with Crippen molar-refractivity contribution in [1.29, 1.82) is 0 Å². The van der Waals surface area contributed by atoms with Gasteiger partial charge in [-0.3, -0.25) is 9.59 Å². The van der Waals surface area contributed by atoms with Gasteiger partial charge in [0, 0.05) is 12.1 Å². The number of furan rings is 1. The predicted octanol–water partition coefficient (Wildman–Crippen LogP) is 1.34. The molecule has 1 aliphatic heterocycles. The van der Waals surface area contributed by atoms with Crippen molar-refractivity contribution < 1.29 is 23.8 Å². The molecule has 0 aliphatic carbocycles. The summed E-state index contributed by atoms with van der Waals surface area (Å²) < 4.78 is 11.0. The van der Waals surface area contributed by atoms with Gasteiger partial charge in [-0.2, -0.15) is 0 Å². The average molecular weight is 344 g/mol. The SMILES string of the molecule is Cc1ccc(CN(CCO)C(=O)c2ccc3c(c2)C(=O)NCCO3)o1. The highest BCUT2D eigenvalue weighted by Gasteiger charge is 2.22. The molecule has 7 heteroatoms. The number of carbonyl (C=O) groups excluding carboxylic acids is 2. The van der Waals surface area contributed by atoms with E-state index in [0.29, 0.717) is 35.8 Å². The smallest absolute Gasteiger partial charge is 0.255 e. The summed E-state index contributed by atoms with van der Waals surface area (Å²) in [7, 11) is 0. The highest BCUT2D eigenvalue weighted by molar-refractivity contribution is 6.01. The van der Waals surface area contributed by atoms with E-state index in [1.54, 1.807) is 18.2 Å². The summed E-state index contributed by atoms with van der Waals surface area (Å²) in [6.45, 7) is 2.88. The van der Waals surface area contributed by atoms with Gasteiger partial charge < -0.3 is 24.5 Å². The van der Waals surface area contributed by atoms with Crippen LogP contribution in [0.2, 0.25) is 0 Å². The molecule has 0 radical (unpaired) electrons. The van der Waals surface area contributed by atoms with Crippen LogP contribution in [0.15, 0.2) is 34.7 Å². The van der Waals surface area contributed by atoms with Crippen molar-refractivity contribution >= 4 is 11.8 Å². The Hall–Kier alpha value is -2.80. The molecule has 1 aromatic heterocycles. The fraction of sp³-hybridized carbons (Fsp3) is 0.333. The monoisotopic (exact) mass is 344 g/mol. The van der Waals surface area contributed by atoms with Gasteiger partial charge in [-0.25, -0.2) is 0 Å². The normalized spacial score (nSPS) is 13.4. The minimum Gasteiger partial charge on any atom is -0.491 e. The molecule has 0 atom stereocenters. The first-order chi connectivity index (χ1) is 12.1. The largest absolute Gasteiger partial charge is 0.491 e. The average Bonchev–Trinajstić information content (AvgIpc) is 2.92. The second-order valence-corrected chi connectivity index (χ2v) is 5.78. The van der Waals surface area contributed by atoms with E-state index < -0.39 is 0 Å². The summed E-state index contributed by atoms with van der Waals surface area (Å²) >= 11 is 0. The van der Waals surface area contributed by atoms with Crippen molar-refractivity contribution in [1.82, 2.24) is 10.2 Å². The lowest BCUT2D eigenvalue weighted by molar-refractivity contribution is 0.0694. The number of amides is 2. The molecule has 2 amide bonds. The quantitative estimate of drug-likeness (QED) is 0.854. The maximum Gasteiger partial charge on any atom is 0.255 e. The fourth-order valence-electron chi connectivity index (χ4n) is 2.70. The van der Waals surface area contributed by atoms with E-state index in [0.717, 1.165) is 5.76 Å². The van der Waals surface area contributed by atoms with Crippen molar-refractivity contribution in [3.05, 3.63) is 53.0 Å². The van der Waals surface area contributed by atoms with Crippen LogP contribution in [0.4, 0.5) is 0 Å². The standard InChI is InChI=1S/C18H20N2O5/c1-12-2-4-14(25-12)11-20(7-8-21)18(23)13-3-5-16-15(10-13)17(22)19-6-9-24-16/h2-5,10,21H,6-9,11H2,1H3,(H,19,22). The van der Waals surface area contributed by atoms with Crippen LogP contribution in [0.5, 0.6) is 5.75 Å². The maximum atomic E-state index is 12.8. The van der Waals surface area contributed by atoms with E-state index >= 15 is 0 Å². The molecule has 0 bridgehead atoms. The highest BCUT2D eigenvalue weighted by Crippen LogP contribution is 2.23. The van der Waals surface area contributed by atoms with Gasteiger partial charge in [0.1, 0.15) is 23.9 Å². The topological polar surface area (TPSA) is 92.0 Å². The summed E-state index contributed by atoms with van der Waals surface area (Å²) in [6, 6.07) is 8.39. The van der Waals surface area contributed by atoms with Crippen molar-refractivity contribution in [2.45, 2.75) is 13.5 Å². The van der Waals surface area contributed by atoms with Gasteiger partial charge in [-0.15, -0.1) is 0 Å². The van der Waals surface area contributed by atoms with Crippen molar-refractivity contribution in [3.63, 3.8) is 0 Å². The number of hydrogen-bond acceptors (Lipinski definition) is 5. The number of carbonyl (C=O) groups is 2. The number of aliphatic hydroxyl groups is 1. The Morgan fingerprint density at radius 2 is 2.16 bits per heavy atom. The minimum atomic E-state index is -0.289. The van der Waals surface area contributed by atoms with Gasteiger partial charge in [0.15, 0.2) is 0 Å². The first-order valence-electron chi connectivity index (χ1n) is 8.09. The Balaban J connectivity index is 1.85. The van der Waals surface area contributed by atoms with E-state index in [2.05, 4.69) is 5.32 Å². The van der Waals surface area contributed by atoms with Gasteiger partial charge in [-0.1, -0.05) is 0 Å². The van der Waals surface area contributed by atoms with Gasteiger partial charge in [0.2, 0.25) is 0 Å². The highest BCUT2D eigenvalue weighted by atomic mass is 16.5. The molecular weight excluding hydrogens is 324 g/mol. The lowest BCUT2D eigenvalue weighted by atomic mass is 10.1. The van der Waals surface area contributed by atoms with Crippen LogP contribution < -0.4 is 10.1 Å². The third-order valence-electron chi connectivity index (χ3n) is 3.92. The molecule has 2 N–H and O–H groups in total. The molecule has 0 spiro atoms. The van der Waals surface area contributed by atoms with Crippen molar-refractivity contribution in [2.75, 3.05) is 26.3 Å². The van der Waals surface area contributed by atoms with Gasteiger partial charge in [0.05, 0.1) is 25.3 Å². The van der Waals surface area contributed by atoms with Crippen LogP contribution in [-0.2, 0) is 6.54 Å². The zero-order valence-corrected chi connectivity index (χ0v) is 13.9. The first-order valence-corrected chi connectivity index (χ1v) is 8.09. The van der Waals surface area contributed by atoms with Crippen LogP contribution in [-0.4, -0.2) is 48.1 Å². The van der Waals surface area contributed by atoms with E-state index in [-0.39, 0.29) is 31.5 Å². The van der Waals surface area contributed by atoms with E-state index in [4.69, 9.17) is 9.15 Å². The molecule has 1 aliphatic rings. The molecule has 2 aromatic rings. The summed E-state index contributed by atoms with van der Waals surface area (Å²) in [5, 5.41) is 12.0. The molecule has 132 valence electrons. The maximum absolute atomic E-state index is 12.8. The predicted molar refractivity (Wildman–Crippen MR) is 89.5 cm³/mol. The lowest BCUT2D eigenvalue weighted by Crippen LogP contribution is -2.33. The number of nitrogens with zero attached hydrogens (tertiary/aromatic N) is 1. The summed E-state index contributed by atoms with van der Waals surface area (Å²) in [6.07, 6.45) is 0. The number of nitrogens with one attached hydrogen (secondary N) is 1. The Morgan fingerprint density at radius 1 is 1.32 bits per heavy atom. The van der Waals surface area contributed by atoms with Gasteiger partial charge >= 0.3 is 0 Å². The molecular formula is C18H20N2O5. The van der Waals surface area contributed by atoms with Crippen LogP contribution >= 0.6 is 0 Å². The summed E-state index contributed by atoms with van der Waals surface area (Å²) in [5.41, 5.74) is 0.692. The molecule has 2 heterocycles. The van der Waals surface area contributed by atoms with Crippen LogP contribution in [0, 0.1) is 6.92 Å². The molecule has 3 rings (SSSR count). The third-order valence-corrected chi connectivity index (χ3v) is 3.92. The second kappa shape index (κ2) is 7.40. The lowest BCUT2D eigenvalue weighted by Gasteiger charge is -2.21. The Labute approximate surface area is 145 Å². The van der Waals surface area contributed by atoms with E-state index in [1.165, 1.54) is 11.0 Å². The Bertz CT molecular complexity index is 784. The number of fused-ring (bicyclic) bond motifs is 1. The van der Waals surface area contributed by atoms with E-state index in [1.807, 2.05) is 13.0 Å². The number of aryl methyl sites for hydroxylation is 1. The number of aliphatic hydroxyl groups excluding tert-OH is 1. The molecule has 0 saturated carbocycles. The fourth-order valence-corrected chi connectivity index (χ4v) is 2.70. The molecule has 1 aromatic carbocycles. The van der Waals surface area contributed by atoms with Gasteiger partial charge in [0.25, 0.3) is 11.8 Å². The minimum absolute atomic E-state index is 0.165. The summed E-state index contributed by atoms with van der Waals surface area (Å²) in [4.78, 5) is 26.4. The summed E-state index contributed by atoms with van der Waals surface area (Å²) in [5.74, 6) is 1.29. The zero-order chi connectivity index (χ0) is 17.8. The van der Waals surface area contributed by atoms with Crippen LogP contribution in [0.25, 0.3) is 0 Å². The number of ether oxygens (including phenoxy) is 1. The Morgan fingerprint density at radius 3 is 2.88 bits per heavy atom. The molecule has 0 unspecified atom stereocenters. The molecule has 7 nitrogen and oxygen atoms in total.